The second-order valence-electron chi connectivity index (χ2n) is 1.56. The summed E-state index contributed by atoms with van der Waals surface area (Å²) in [5, 5.41) is 0. The minimum atomic E-state index is 0. The molecule has 2 atom stereocenters. The van der Waals surface area contributed by atoms with Crippen molar-refractivity contribution in [3.63, 3.8) is 0 Å². The number of halogens is 2. The van der Waals surface area contributed by atoms with Gasteiger partial charge >= 0.3 is 0 Å². The molecular formula is C3H10Cl2N2. The van der Waals surface area contributed by atoms with Gasteiger partial charge in [0.1, 0.15) is 0 Å². The monoisotopic (exact) mass is 144 g/mol. The van der Waals surface area contributed by atoms with Crippen LogP contribution in [0.2, 0.25) is 0 Å². The van der Waals surface area contributed by atoms with Gasteiger partial charge in [-0.05, 0) is 6.42 Å². The van der Waals surface area contributed by atoms with Crippen LogP contribution >= 0.6 is 24.8 Å². The lowest BCUT2D eigenvalue weighted by Gasteiger charge is -1.70. The van der Waals surface area contributed by atoms with Crippen molar-refractivity contribution < 1.29 is 0 Å². The normalized spacial score (nSPS) is 35.1. The van der Waals surface area contributed by atoms with E-state index < -0.39 is 0 Å². The molecule has 4 N–H and O–H groups in total. The van der Waals surface area contributed by atoms with Gasteiger partial charge in [-0.25, -0.2) is 0 Å². The summed E-state index contributed by atoms with van der Waals surface area (Å²) in [5.41, 5.74) is 10.5. The van der Waals surface area contributed by atoms with E-state index in [9.17, 15) is 0 Å². The Kier molecular flexibility index (Phi) is 5.23. The number of rotatable bonds is 0. The predicted molar refractivity (Wildman–Crippen MR) is 35.1 cm³/mol. The van der Waals surface area contributed by atoms with Gasteiger partial charge in [0.25, 0.3) is 0 Å². The average molecular weight is 145 g/mol. The highest BCUT2D eigenvalue weighted by Gasteiger charge is 2.28. The second kappa shape index (κ2) is 3.50. The molecule has 4 heteroatoms. The van der Waals surface area contributed by atoms with Crippen molar-refractivity contribution in [3.8, 4) is 0 Å². The number of nitrogens with two attached hydrogens (primary N) is 2. The molecule has 2 unspecified atom stereocenters. The Morgan fingerprint density at radius 3 is 1.14 bits per heavy atom. The summed E-state index contributed by atoms with van der Waals surface area (Å²) in [5.74, 6) is 0. The van der Waals surface area contributed by atoms with Gasteiger partial charge in [0.15, 0.2) is 0 Å². The fraction of sp³-hybridized carbons (Fsp3) is 1.00. The quantitative estimate of drug-likeness (QED) is 0.499. The molecule has 0 aromatic rings. The van der Waals surface area contributed by atoms with Crippen LogP contribution in [0, 0.1) is 0 Å². The number of hydrogen-bond donors (Lipinski definition) is 2. The van der Waals surface area contributed by atoms with Crippen molar-refractivity contribution in [1.82, 2.24) is 0 Å². The summed E-state index contributed by atoms with van der Waals surface area (Å²) in [7, 11) is 0. The van der Waals surface area contributed by atoms with Crippen molar-refractivity contribution in [3.05, 3.63) is 0 Å². The van der Waals surface area contributed by atoms with Crippen molar-refractivity contribution in [2.75, 3.05) is 0 Å². The van der Waals surface area contributed by atoms with Crippen molar-refractivity contribution in [2.24, 2.45) is 11.5 Å². The molecule has 0 saturated heterocycles. The molecule has 2 nitrogen and oxygen atoms in total. The molecule has 0 aromatic heterocycles. The molecule has 1 aliphatic carbocycles. The van der Waals surface area contributed by atoms with Gasteiger partial charge in [-0.1, -0.05) is 0 Å². The lowest BCUT2D eigenvalue weighted by atomic mass is 10.7. The van der Waals surface area contributed by atoms with Gasteiger partial charge in [-0.15, -0.1) is 24.8 Å². The van der Waals surface area contributed by atoms with Crippen LogP contribution in [-0.2, 0) is 0 Å². The Bertz CT molecular complexity index is 44.2. The molecule has 0 amide bonds. The van der Waals surface area contributed by atoms with E-state index in [-0.39, 0.29) is 24.8 Å². The fourth-order valence-electron chi connectivity index (χ4n) is 0.236. The third-order valence-electron chi connectivity index (χ3n) is 0.891. The van der Waals surface area contributed by atoms with E-state index in [1.165, 1.54) is 0 Å². The van der Waals surface area contributed by atoms with Gasteiger partial charge in [0, 0.05) is 12.1 Å². The molecule has 1 aliphatic rings. The maximum atomic E-state index is 5.24. The summed E-state index contributed by atoms with van der Waals surface area (Å²) in [6.45, 7) is 0. The zero-order valence-electron chi connectivity index (χ0n) is 3.83. The molecule has 1 fully saturated rings. The van der Waals surface area contributed by atoms with Crippen LogP contribution < -0.4 is 11.5 Å². The van der Waals surface area contributed by atoms with Crippen LogP contribution in [0.4, 0.5) is 0 Å². The molecule has 0 heterocycles. The van der Waals surface area contributed by atoms with E-state index in [1.807, 2.05) is 0 Å². The third-order valence-corrected chi connectivity index (χ3v) is 0.891. The van der Waals surface area contributed by atoms with Gasteiger partial charge in [-0.2, -0.15) is 0 Å². The minimum Gasteiger partial charge on any atom is -0.326 e. The highest BCUT2D eigenvalue weighted by molar-refractivity contribution is 5.85. The van der Waals surface area contributed by atoms with Crippen LogP contribution in [0.25, 0.3) is 0 Å². The molecule has 0 spiro atoms. The molecule has 0 aromatic carbocycles. The predicted octanol–water partition coefficient (Wildman–Crippen LogP) is -0.112. The topological polar surface area (TPSA) is 52.0 Å². The van der Waals surface area contributed by atoms with Crippen molar-refractivity contribution >= 4 is 24.8 Å². The standard InChI is InChI=1S/C3H8N2.2ClH/c4-2-1-3(2)5;;/h2-3H,1,4-5H2;2*1H. The summed E-state index contributed by atoms with van der Waals surface area (Å²) in [6.07, 6.45) is 1.03. The zero-order chi connectivity index (χ0) is 3.86. The first kappa shape index (κ1) is 10.5. The zero-order valence-corrected chi connectivity index (χ0v) is 5.47. The summed E-state index contributed by atoms with van der Waals surface area (Å²) in [4.78, 5) is 0. The number of hydrogen-bond acceptors (Lipinski definition) is 2. The van der Waals surface area contributed by atoms with Gasteiger partial charge < -0.3 is 11.5 Å². The molecular weight excluding hydrogens is 135 g/mol. The lowest BCUT2D eigenvalue weighted by Crippen LogP contribution is -2.12. The van der Waals surface area contributed by atoms with E-state index in [0.29, 0.717) is 12.1 Å². The average Bonchev–Trinajstić information content (AvgIpc) is 1.79. The van der Waals surface area contributed by atoms with E-state index >= 15 is 0 Å². The van der Waals surface area contributed by atoms with Gasteiger partial charge in [0.05, 0.1) is 0 Å². The highest BCUT2D eigenvalue weighted by Crippen LogP contribution is 2.12. The molecule has 1 saturated carbocycles. The first-order valence-electron chi connectivity index (χ1n) is 1.82. The summed E-state index contributed by atoms with van der Waals surface area (Å²) < 4.78 is 0. The third kappa shape index (κ3) is 3.12. The summed E-state index contributed by atoms with van der Waals surface area (Å²) in [6, 6.07) is 0.657. The van der Waals surface area contributed by atoms with Crippen molar-refractivity contribution in [1.29, 1.82) is 0 Å². The Balaban J connectivity index is 0. The SMILES string of the molecule is Cl.Cl.NC1CC1N. The Labute approximate surface area is 55.4 Å². The molecule has 7 heavy (non-hydrogen) atoms. The second-order valence-corrected chi connectivity index (χ2v) is 1.56. The Morgan fingerprint density at radius 1 is 1.00 bits per heavy atom. The van der Waals surface area contributed by atoms with E-state index in [1.54, 1.807) is 0 Å². The smallest absolute Gasteiger partial charge is 0.0208 e. The molecule has 0 bridgehead atoms. The van der Waals surface area contributed by atoms with Gasteiger partial charge in [-0.3, -0.25) is 0 Å². The van der Waals surface area contributed by atoms with Crippen molar-refractivity contribution in [2.45, 2.75) is 18.5 Å². The molecule has 0 radical (unpaired) electrons. The first-order valence-corrected chi connectivity index (χ1v) is 1.82. The van der Waals surface area contributed by atoms with Crippen LogP contribution in [0.5, 0.6) is 0 Å². The molecule has 1 rings (SSSR count). The Morgan fingerprint density at radius 2 is 1.14 bits per heavy atom. The maximum Gasteiger partial charge on any atom is 0.0208 e. The van der Waals surface area contributed by atoms with Gasteiger partial charge in [0.2, 0.25) is 0 Å². The van der Waals surface area contributed by atoms with E-state index in [0.717, 1.165) is 6.42 Å². The lowest BCUT2D eigenvalue weighted by molar-refractivity contribution is 0.962. The highest BCUT2D eigenvalue weighted by atomic mass is 35.5. The fourth-order valence-corrected chi connectivity index (χ4v) is 0.236. The largest absolute Gasteiger partial charge is 0.326 e. The minimum absolute atomic E-state index is 0. The van der Waals surface area contributed by atoms with E-state index in [4.69, 9.17) is 11.5 Å². The van der Waals surface area contributed by atoms with Crippen LogP contribution in [0.15, 0.2) is 0 Å². The van der Waals surface area contributed by atoms with Crippen LogP contribution in [-0.4, -0.2) is 12.1 Å². The molecule has 46 valence electrons. The van der Waals surface area contributed by atoms with Crippen LogP contribution in [0.3, 0.4) is 0 Å². The van der Waals surface area contributed by atoms with Crippen LogP contribution in [0.1, 0.15) is 6.42 Å². The Hall–Kier alpha value is 0.500. The maximum absolute atomic E-state index is 5.24. The molecule has 0 aliphatic heterocycles. The summed E-state index contributed by atoms with van der Waals surface area (Å²) >= 11 is 0. The first-order chi connectivity index (χ1) is 2.30. The van der Waals surface area contributed by atoms with E-state index in [2.05, 4.69) is 0 Å².